The third kappa shape index (κ3) is 5.32. The summed E-state index contributed by atoms with van der Waals surface area (Å²) >= 11 is 0.909. The van der Waals surface area contributed by atoms with Gasteiger partial charge in [-0.25, -0.2) is 0 Å². The van der Waals surface area contributed by atoms with Crippen molar-refractivity contribution in [3.05, 3.63) is 58.9 Å². The first-order valence-electron chi connectivity index (χ1n) is 9.63. The molecule has 1 aliphatic rings. The summed E-state index contributed by atoms with van der Waals surface area (Å²) in [7, 11) is 0. The normalized spacial score (nSPS) is 17.3. The summed E-state index contributed by atoms with van der Waals surface area (Å²) < 4.78 is 13.2. The number of pyridine rings is 1. The SMILES string of the molecule is [2H]N1C(=O)SC(Cc2ccc(OCCc3ccc(CCC)c(C)n3)cc2)C1=O.[HH].[HH].[HH].[HH].[HH].[HH].[HH].[HH].[HH].[HH].[HH].[HH].[HH].[HH].[HH].[HH].[HH].[HH].[HH].[HH].[HH].[HH].[HH].[HH].[HH].[HH].[HH].[HH].[HH].[HH].[HH].[HH].[HH].[HH].[HH].[HH].[HH].[HH].[HH].[HH].[HH].[HH].[HH].[HH].[HH].[HH].[HH].[HH].[HH].[HH].[HH].[HH].[HH].[HH].[HH].[HH].[HH].[HH].[HH].[HH].[HH].[HH].[HH].[HH].[HH].[HH].[HH].[HH].[HH].[HH].[HH].[HH].[HH]. The molecular formula is C21H170N2O3S. The summed E-state index contributed by atoms with van der Waals surface area (Å²) in [4.78, 5) is 27.9. The third-order valence-corrected chi connectivity index (χ3v) is 5.41. The molecule has 0 aliphatic carbocycles. The van der Waals surface area contributed by atoms with Gasteiger partial charge in [-0.2, -0.15) is 0 Å². The van der Waals surface area contributed by atoms with E-state index < -0.39 is 16.4 Å². The van der Waals surface area contributed by atoms with Gasteiger partial charge in [0.15, 0.2) is 1.41 Å². The van der Waals surface area contributed by atoms with Crippen molar-refractivity contribution in [3.63, 3.8) is 0 Å². The van der Waals surface area contributed by atoms with Crippen molar-refractivity contribution >= 4 is 22.9 Å². The molecule has 2 amide bonds. The number of aromatic nitrogens is 1. The fourth-order valence-corrected chi connectivity index (χ4v) is 3.83. The van der Waals surface area contributed by atoms with Gasteiger partial charge in [-0.3, -0.25) is 19.9 Å². The first kappa shape index (κ1) is 18.0. The zero-order chi connectivity index (χ0) is 20.1. The Labute approximate surface area is 273 Å². The Kier molecular flexibility index (Phi) is 6.04. The maximum absolute atomic E-state index is 11.8. The van der Waals surface area contributed by atoms with Crippen molar-refractivity contribution in [2.75, 3.05) is 6.61 Å². The second-order valence-corrected chi connectivity index (χ2v) is 7.72. The minimum atomic E-state index is -0.512. The topological polar surface area (TPSA) is 68.3 Å². The number of ether oxygens (including phenoxy) is 1. The lowest BCUT2D eigenvalue weighted by molar-refractivity contribution is -0.118. The van der Waals surface area contributed by atoms with Crippen LogP contribution < -0.4 is 10.0 Å². The summed E-state index contributed by atoms with van der Waals surface area (Å²) in [6, 6.07) is 11.7. The van der Waals surface area contributed by atoms with E-state index in [0.717, 1.165) is 53.7 Å². The quantitative estimate of drug-likeness (QED) is 0.366. The van der Waals surface area contributed by atoms with Crippen molar-refractivity contribution in [2.24, 2.45) is 0 Å². The van der Waals surface area contributed by atoms with Crippen LogP contribution in [0, 0.1) is 6.92 Å². The highest BCUT2D eigenvalue weighted by molar-refractivity contribution is 8.15. The Bertz CT molecular complexity index is 936. The van der Waals surface area contributed by atoms with Crippen molar-refractivity contribution < 1.29 is 120 Å². The Morgan fingerprint density at radius 3 is 2.63 bits per heavy atom. The van der Waals surface area contributed by atoms with Crippen LogP contribution >= 0.6 is 11.8 Å². The molecular weight excluding hydrogens is 360 g/mol. The lowest BCUT2D eigenvalue weighted by Gasteiger charge is -2.10. The van der Waals surface area contributed by atoms with Gasteiger partial charge in [-0.05, 0) is 49.1 Å². The smallest absolute Gasteiger partial charge is 0.286 e. The molecule has 1 atom stereocenters. The molecule has 2 aromatic rings. The molecule has 6 heteroatoms. The van der Waals surface area contributed by atoms with Gasteiger partial charge in [-0.15, -0.1) is 0 Å². The zero-order valence-corrected chi connectivity index (χ0v) is 16.4. The van der Waals surface area contributed by atoms with Gasteiger partial charge in [0.1, 0.15) is 5.75 Å². The summed E-state index contributed by atoms with van der Waals surface area (Å²) in [5, 5.41) is -0.583. The van der Waals surface area contributed by atoms with Crippen LogP contribution in [0.5, 0.6) is 5.75 Å². The number of nitrogens with zero attached hydrogens (tertiary/aromatic N) is 1. The van der Waals surface area contributed by atoms with Gasteiger partial charge in [0.25, 0.3) is 5.24 Å². The van der Waals surface area contributed by atoms with Crippen molar-refractivity contribution in [1.82, 2.24) is 10.3 Å². The van der Waals surface area contributed by atoms with Crippen molar-refractivity contribution in [3.8, 4) is 5.75 Å². The predicted octanol–water partition coefficient (Wildman–Crippen LogP) is 21.8. The standard InChI is InChI=1S/C21H24N2O3S.73H2/c1-3-4-16-7-8-17(22-14(16)2)11-12-26-18-9-5-15(6-10-18)13-19-20(24)23-21(25)27-19;;;;;;;;;;;;;;;;;;;;;;;;;;;;;;;;;;;;;;;;;;;;;;;;;;;;;;;;;;;;;;;;;;;;;;;;;/h5-10,19H,3-4,11-13H2,1-2H3,(H,23,24,25);73*1H/i/hD. The molecule has 1 N–H and O–H groups in total. The zero-order valence-electron chi connectivity index (χ0n) is 16.6. The summed E-state index contributed by atoms with van der Waals surface area (Å²) in [6.45, 7) is 4.76. The van der Waals surface area contributed by atoms with Crippen molar-refractivity contribution in [1.29, 1.82) is 0 Å². The number of thioether (sulfide) groups is 1. The Morgan fingerprint density at radius 1 is 1.22 bits per heavy atom. The molecule has 0 radical (unpaired) electrons. The van der Waals surface area contributed by atoms with Gasteiger partial charge in [0.2, 0.25) is 5.91 Å². The number of nitrogens with one attached hydrogen (secondary N) is 1. The second kappa shape index (κ2) is 9.04. The maximum atomic E-state index is 11.8. The highest BCUT2D eigenvalue weighted by atomic mass is 32.2. The van der Waals surface area contributed by atoms with E-state index in [1.54, 1.807) is 0 Å². The average molecular weight is 533 g/mol. The van der Waals surface area contributed by atoms with E-state index >= 15 is 0 Å². The molecule has 0 bridgehead atoms. The van der Waals surface area contributed by atoms with E-state index in [9.17, 15) is 9.59 Å². The second-order valence-electron chi connectivity index (χ2n) is 6.57. The number of hydrogen-bond acceptors (Lipinski definition) is 5. The molecule has 1 saturated heterocycles. The van der Waals surface area contributed by atoms with E-state index in [0.29, 0.717) is 18.3 Å². The van der Waals surface area contributed by atoms with Gasteiger partial charge in [0.05, 0.1) is 11.9 Å². The Morgan fingerprint density at radius 2 is 2.00 bits per heavy atom. The highest BCUT2D eigenvalue weighted by Crippen LogP contribution is 2.24. The molecule has 5 nitrogen and oxygen atoms in total. The van der Waals surface area contributed by atoms with Crippen LogP contribution in [-0.4, -0.2) is 28.0 Å². The van der Waals surface area contributed by atoms with E-state index in [2.05, 4.69) is 31.0 Å². The monoisotopic (exact) mass is 532 g/mol. The average Bonchev–Trinajstić information content (AvgIpc) is 2.92. The van der Waals surface area contributed by atoms with Crippen LogP contribution in [0.25, 0.3) is 0 Å². The van der Waals surface area contributed by atoms with Gasteiger partial charge < -0.3 is 4.74 Å². The van der Waals surface area contributed by atoms with Gasteiger partial charge >= 0.3 is 0 Å². The van der Waals surface area contributed by atoms with Crippen LogP contribution in [0.3, 0.4) is 0 Å². The third-order valence-electron chi connectivity index (χ3n) is 4.46. The number of carbonyl (C=O) groups excluding carboxylic acids is 2. The van der Waals surface area contributed by atoms with Gasteiger partial charge in [0, 0.05) is 122 Å². The number of carbonyl (C=O) groups is 2. The molecule has 27 heavy (non-hydrogen) atoms. The number of rotatable bonds is 8. The molecule has 2 heterocycles. The summed E-state index contributed by atoms with van der Waals surface area (Å²) in [5.41, 5.74) is 4.35. The lowest BCUT2D eigenvalue weighted by Crippen LogP contribution is -2.25. The fraction of sp³-hybridized carbons (Fsp3) is 0.381. The minimum absolute atomic E-state index is 0. The predicted molar refractivity (Wildman–Crippen MR) is 262 cm³/mol. The van der Waals surface area contributed by atoms with E-state index in [4.69, 9.17) is 6.15 Å². The first-order chi connectivity index (χ1) is 13.5. The molecule has 288 valence electrons. The molecule has 1 aliphatic heterocycles. The van der Waals surface area contributed by atoms with Gasteiger partial charge in [-0.1, -0.05) is 43.3 Å². The van der Waals surface area contributed by atoms with Crippen LogP contribution in [0.15, 0.2) is 36.4 Å². The van der Waals surface area contributed by atoms with Crippen LogP contribution in [0.1, 0.15) is 140 Å². The van der Waals surface area contributed by atoms with Crippen LogP contribution in [-0.2, 0) is 24.1 Å². The maximum Gasteiger partial charge on any atom is 0.286 e. The Hall–Kier alpha value is -2.34. The molecule has 1 aromatic carbocycles. The van der Waals surface area contributed by atoms with Crippen LogP contribution in [0.2, 0.25) is 1.41 Å². The number of amides is 2. The minimum Gasteiger partial charge on any atom is -0.493 e. The summed E-state index contributed by atoms with van der Waals surface area (Å²) in [6.07, 6.45) is 3.34. The molecule has 1 unspecified atom stereocenters. The number of aryl methyl sites for hydroxylation is 2. The molecule has 1 aromatic heterocycles. The van der Waals surface area contributed by atoms with E-state index in [1.165, 1.54) is 5.56 Å². The van der Waals surface area contributed by atoms with Crippen molar-refractivity contribution in [2.45, 2.75) is 44.8 Å². The number of hydrogen-bond donors (Lipinski definition) is 1. The van der Waals surface area contributed by atoms with E-state index in [1.807, 2.05) is 24.3 Å². The fourth-order valence-electron chi connectivity index (χ4n) is 3.01. The first-order valence-corrected chi connectivity index (χ1v) is 10.1. The largest absolute Gasteiger partial charge is 0.493 e. The lowest BCUT2D eigenvalue weighted by atomic mass is 10.1. The number of benzene rings is 1. The molecule has 3 rings (SSSR count). The molecule has 1 fully saturated rings. The number of imide groups is 1. The summed E-state index contributed by atoms with van der Waals surface area (Å²) in [5.74, 6) is 0.301. The van der Waals surface area contributed by atoms with Crippen LogP contribution in [0.4, 0.5) is 4.79 Å². The van der Waals surface area contributed by atoms with E-state index in [-0.39, 0.29) is 104 Å². The molecule has 0 saturated carbocycles. The highest BCUT2D eigenvalue weighted by Gasteiger charge is 2.31. The molecule has 0 spiro atoms. The Balaban J connectivity index is -0.00000000179.